The third-order valence-corrected chi connectivity index (χ3v) is 3.11. The second-order valence-electron chi connectivity index (χ2n) is 4.62. The zero-order valence-corrected chi connectivity index (χ0v) is 11.8. The smallest absolute Gasteiger partial charge is 0.323 e. The topological polar surface area (TPSA) is 88.4 Å². The van der Waals surface area contributed by atoms with Gasteiger partial charge in [-0.15, -0.1) is 0 Å². The number of hydrogen-bond donors (Lipinski definition) is 1. The summed E-state index contributed by atoms with van der Waals surface area (Å²) in [4.78, 5) is 28.9. The van der Waals surface area contributed by atoms with Crippen molar-refractivity contribution in [1.82, 2.24) is 4.90 Å². The van der Waals surface area contributed by atoms with Gasteiger partial charge < -0.3 is 19.6 Å². The highest BCUT2D eigenvalue weighted by atomic mass is 16.6. The number of nitrogens with zero attached hydrogens (tertiary/aromatic N) is 2. The minimum atomic E-state index is -1.07. The highest BCUT2D eigenvalue weighted by Crippen LogP contribution is 2.25. The van der Waals surface area contributed by atoms with Crippen LogP contribution in [-0.4, -0.2) is 54.4 Å². The van der Waals surface area contributed by atoms with Crippen molar-refractivity contribution >= 4 is 17.6 Å². The number of para-hydroxylation sites is 1. The lowest BCUT2D eigenvalue weighted by atomic mass is 10.0. The van der Waals surface area contributed by atoms with Crippen LogP contribution in [0.15, 0.2) is 29.4 Å². The molecule has 0 bridgehead atoms. The molecule has 0 saturated heterocycles. The molecule has 0 radical (unpaired) electrons. The van der Waals surface area contributed by atoms with Gasteiger partial charge in [0.25, 0.3) is 5.91 Å². The highest BCUT2D eigenvalue weighted by molar-refractivity contribution is 6.06. The minimum Gasteiger partial charge on any atom is -0.496 e. The summed E-state index contributed by atoms with van der Waals surface area (Å²) in [5.41, 5.74) is 1.37. The van der Waals surface area contributed by atoms with Crippen LogP contribution in [0.25, 0.3) is 0 Å². The average molecular weight is 292 g/mol. The first kappa shape index (κ1) is 14.8. The number of hydrogen-bond acceptors (Lipinski definition) is 5. The Hall–Kier alpha value is -2.57. The van der Waals surface area contributed by atoms with Gasteiger partial charge >= 0.3 is 5.97 Å². The van der Waals surface area contributed by atoms with Crippen LogP contribution in [0, 0.1) is 0 Å². The maximum atomic E-state index is 12.0. The van der Waals surface area contributed by atoms with E-state index in [1.807, 2.05) is 18.2 Å². The minimum absolute atomic E-state index is 0.281. The fourth-order valence-corrected chi connectivity index (χ4v) is 2.08. The molecule has 7 nitrogen and oxygen atoms in total. The molecule has 2 rings (SSSR count). The zero-order chi connectivity index (χ0) is 15.4. The first-order valence-electron chi connectivity index (χ1n) is 6.35. The summed E-state index contributed by atoms with van der Waals surface area (Å²) in [6.07, 6.45) is -0.516. The lowest BCUT2D eigenvalue weighted by molar-refractivity contribution is -0.148. The summed E-state index contributed by atoms with van der Waals surface area (Å²) in [5, 5.41) is 12.6. The second-order valence-corrected chi connectivity index (χ2v) is 4.62. The Morgan fingerprint density at radius 3 is 2.86 bits per heavy atom. The molecule has 0 aliphatic carbocycles. The van der Waals surface area contributed by atoms with Gasteiger partial charge in [0.2, 0.25) is 6.10 Å². The Morgan fingerprint density at radius 1 is 1.48 bits per heavy atom. The molecule has 0 saturated carbocycles. The van der Waals surface area contributed by atoms with Crippen LogP contribution >= 0.6 is 0 Å². The van der Waals surface area contributed by atoms with E-state index in [-0.39, 0.29) is 13.0 Å². The number of rotatable bonds is 5. The van der Waals surface area contributed by atoms with Gasteiger partial charge in [0.05, 0.1) is 12.8 Å². The summed E-state index contributed by atoms with van der Waals surface area (Å²) in [5.74, 6) is -0.840. The van der Waals surface area contributed by atoms with Crippen LogP contribution in [0.5, 0.6) is 5.75 Å². The summed E-state index contributed by atoms with van der Waals surface area (Å²) in [6, 6.07) is 7.30. The second kappa shape index (κ2) is 6.25. The largest absolute Gasteiger partial charge is 0.496 e. The van der Waals surface area contributed by atoms with Crippen molar-refractivity contribution in [2.75, 3.05) is 20.7 Å². The number of carbonyl (C=O) groups excluding carboxylic acids is 1. The van der Waals surface area contributed by atoms with E-state index >= 15 is 0 Å². The SMILES string of the molecule is COc1ccccc1C1=NOC(C(=O)N(C)CC(=O)O)C1. The number of carbonyl (C=O) groups is 2. The third-order valence-electron chi connectivity index (χ3n) is 3.11. The van der Waals surface area contributed by atoms with Gasteiger partial charge in [-0.25, -0.2) is 0 Å². The Kier molecular flexibility index (Phi) is 4.42. The van der Waals surface area contributed by atoms with Gasteiger partial charge in [-0.3, -0.25) is 9.59 Å². The van der Waals surface area contributed by atoms with Crippen LogP contribution in [0.4, 0.5) is 0 Å². The number of oxime groups is 1. The zero-order valence-electron chi connectivity index (χ0n) is 11.8. The Morgan fingerprint density at radius 2 is 2.19 bits per heavy atom. The first-order chi connectivity index (χ1) is 10.0. The summed E-state index contributed by atoms with van der Waals surface area (Å²) < 4.78 is 5.24. The number of aliphatic carboxylic acids is 1. The number of ether oxygens (including phenoxy) is 1. The fourth-order valence-electron chi connectivity index (χ4n) is 2.08. The lowest BCUT2D eigenvalue weighted by Gasteiger charge is -2.17. The molecule has 0 fully saturated rings. The number of amides is 1. The van der Waals surface area contributed by atoms with Crippen molar-refractivity contribution < 1.29 is 24.3 Å². The predicted molar refractivity (Wildman–Crippen MR) is 74.3 cm³/mol. The van der Waals surface area contributed by atoms with E-state index in [9.17, 15) is 9.59 Å². The number of likely N-dealkylation sites (N-methyl/N-ethyl adjacent to an activating group) is 1. The van der Waals surface area contributed by atoms with Crippen LogP contribution in [-0.2, 0) is 14.4 Å². The van der Waals surface area contributed by atoms with E-state index in [2.05, 4.69) is 5.16 Å². The highest BCUT2D eigenvalue weighted by Gasteiger charge is 2.32. The Labute approximate surface area is 121 Å². The predicted octanol–water partition coefficient (Wildman–Crippen LogP) is 0.731. The lowest BCUT2D eigenvalue weighted by Crippen LogP contribution is -2.39. The quantitative estimate of drug-likeness (QED) is 0.864. The molecule has 0 spiro atoms. The standard InChI is InChI=1S/C14H16N2O5/c1-16(8-13(17)18)14(19)12-7-10(15-21-12)9-5-3-4-6-11(9)20-2/h3-6,12H,7-8H2,1-2H3,(H,17,18). The maximum Gasteiger partial charge on any atom is 0.323 e. The van der Waals surface area contributed by atoms with Crippen molar-refractivity contribution in [2.24, 2.45) is 5.16 Å². The van der Waals surface area contributed by atoms with Crippen LogP contribution in [0.3, 0.4) is 0 Å². The number of benzene rings is 1. The maximum absolute atomic E-state index is 12.0. The van der Waals surface area contributed by atoms with E-state index in [0.29, 0.717) is 11.5 Å². The van der Waals surface area contributed by atoms with Crippen LogP contribution < -0.4 is 4.74 Å². The van der Waals surface area contributed by atoms with Crippen molar-refractivity contribution in [3.05, 3.63) is 29.8 Å². The molecule has 1 aliphatic rings. The van der Waals surface area contributed by atoms with Gasteiger partial charge in [-0.05, 0) is 12.1 Å². The Bertz CT molecular complexity index is 584. The van der Waals surface area contributed by atoms with Gasteiger partial charge in [0.1, 0.15) is 12.3 Å². The van der Waals surface area contributed by atoms with E-state index in [0.717, 1.165) is 10.5 Å². The van der Waals surface area contributed by atoms with Gasteiger partial charge in [0, 0.05) is 19.0 Å². The van der Waals surface area contributed by atoms with Gasteiger partial charge in [0.15, 0.2) is 0 Å². The summed E-state index contributed by atoms with van der Waals surface area (Å²) >= 11 is 0. The molecule has 0 aromatic heterocycles. The van der Waals surface area contributed by atoms with E-state index in [1.54, 1.807) is 13.2 Å². The number of methoxy groups -OCH3 is 1. The molecule has 1 unspecified atom stereocenters. The van der Waals surface area contributed by atoms with Crippen molar-refractivity contribution in [3.63, 3.8) is 0 Å². The molecule has 1 heterocycles. The first-order valence-corrected chi connectivity index (χ1v) is 6.35. The molecular formula is C14H16N2O5. The third kappa shape index (κ3) is 3.31. The van der Waals surface area contributed by atoms with Crippen molar-refractivity contribution in [3.8, 4) is 5.75 Å². The van der Waals surface area contributed by atoms with Crippen LogP contribution in [0.2, 0.25) is 0 Å². The fraction of sp³-hybridized carbons (Fsp3) is 0.357. The van der Waals surface area contributed by atoms with E-state index in [1.165, 1.54) is 7.05 Å². The number of carboxylic acids is 1. The molecule has 1 aliphatic heterocycles. The average Bonchev–Trinajstić information content (AvgIpc) is 2.95. The molecule has 112 valence electrons. The molecule has 1 atom stereocenters. The molecule has 1 aromatic carbocycles. The summed E-state index contributed by atoms with van der Waals surface area (Å²) in [7, 11) is 2.97. The monoisotopic (exact) mass is 292 g/mol. The molecule has 1 N–H and O–H groups in total. The molecule has 7 heteroatoms. The summed E-state index contributed by atoms with van der Waals surface area (Å²) in [6.45, 7) is -0.372. The van der Waals surface area contributed by atoms with Gasteiger partial charge in [-0.2, -0.15) is 0 Å². The van der Waals surface area contributed by atoms with Gasteiger partial charge in [-0.1, -0.05) is 17.3 Å². The Balaban J connectivity index is 2.06. The molecule has 1 aromatic rings. The van der Waals surface area contributed by atoms with Crippen molar-refractivity contribution in [1.29, 1.82) is 0 Å². The molecule has 21 heavy (non-hydrogen) atoms. The number of carboxylic acid groups (broad SMARTS) is 1. The molecule has 1 amide bonds. The van der Waals surface area contributed by atoms with Crippen molar-refractivity contribution in [2.45, 2.75) is 12.5 Å². The van der Waals surface area contributed by atoms with E-state index in [4.69, 9.17) is 14.7 Å². The normalized spacial score (nSPS) is 16.9. The van der Waals surface area contributed by atoms with Crippen LogP contribution in [0.1, 0.15) is 12.0 Å². The van der Waals surface area contributed by atoms with E-state index < -0.39 is 18.0 Å². The molecular weight excluding hydrogens is 276 g/mol.